The van der Waals surface area contributed by atoms with Gasteiger partial charge in [0.25, 0.3) is 0 Å². The van der Waals surface area contributed by atoms with E-state index in [0.29, 0.717) is 52.4 Å². The third kappa shape index (κ3) is 17.6. The lowest BCUT2D eigenvalue weighted by molar-refractivity contribution is 1.07. The Bertz CT molecular complexity index is 8730. The van der Waals surface area contributed by atoms with Gasteiger partial charge in [0.05, 0.1) is 33.1 Å². The van der Waals surface area contributed by atoms with Crippen LogP contribution in [0.5, 0.6) is 0 Å². The van der Waals surface area contributed by atoms with Crippen molar-refractivity contribution in [3.63, 3.8) is 0 Å². The molecule has 0 amide bonds. The smallest absolute Gasteiger partial charge is 0.164 e. The largest absolute Gasteiger partial charge is 0.256 e. The highest BCUT2D eigenvalue weighted by Crippen LogP contribution is 2.40. The van der Waals surface area contributed by atoms with Crippen LogP contribution in [0.2, 0.25) is 0 Å². The number of hydrogen-bond acceptors (Lipinski definition) is 15. The average Bonchev–Trinajstić information content (AvgIpc) is 0.815. The second kappa shape index (κ2) is 38.3. The standard InChI is InChI=1S/C45H29N5.C43H27N5.C39H25N5/c1-2-8-30(9-3-1)31-14-20-34(21-15-31)43-48-44(35-22-16-32(17-23-35)37-26-28-46-41-12-6-4-10-39(37)41)50-45(49-43)36-24-18-33(19-25-36)38-27-29-47-42-13-7-5-11-40(38)42;1-2-8-33-27-34(22-13-28(33)7-1)43-47-41(31-18-14-29(15-19-31)35-23-25-44-39-11-5-3-9-37(35)39)46-42(48-43)32-20-16-30(17-21-32)36-24-26-45-40-12-6-4-10-38(36)40;1-2-8-30(9-3-1)37-42-38(31-20-16-26(17-21-31)33-14-4-10-28-12-6-24-40-35(28)33)44-39(43-37)32-22-18-27(19-23-32)34-15-5-11-29-13-7-25-41-36(29)34/h1-29H;1-27H;1-25H. The van der Waals surface area contributed by atoms with Gasteiger partial charge in [0.15, 0.2) is 52.4 Å². The molecule has 17 aromatic carbocycles. The molecule has 0 saturated carbocycles. The number of benzene rings is 17. The van der Waals surface area contributed by atoms with Gasteiger partial charge in [-0.05, 0) is 144 Å². The molecule has 0 saturated heterocycles. The van der Waals surface area contributed by atoms with Crippen LogP contribution in [0.25, 0.3) is 257 Å². The maximum absolute atomic E-state index is 5.03. The second-order valence-electron chi connectivity index (χ2n) is 34.5. The lowest BCUT2D eigenvalue weighted by Gasteiger charge is -2.11. The molecular weight excluding hydrogens is 1740 g/mol. The van der Waals surface area contributed by atoms with E-state index in [4.69, 9.17) is 44.9 Å². The molecule has 0 N–H and O–H groups in total. The van der Waals surface area contributed by atoms with Crippen LogP contribution in [-0.4, -0.2) is 74.8 Å². The van der Waals surface area contributed by atoms with Crippen molar-refractivity contribution in [1.29, 1.82) is 0 Å². The molecule has 0 radical (unpaired) electrons. The van der Waals surface area contributed by atoms with Gasteiger partial charge >= 0.3 is 0 Å². The molecule has 26 aromatic rings. The Morgan fingerprint density at radius 3 is 0.648 bits per heavy atom. The molecule has 9 heterocycles. The molecule has 9 aromatic heterocycles. The summed E-state index contributed by atoms with van der Waals surface area (Å²) in [6.07, 6.45) is 11.1. The molecule has 26 rings (SSSR count). The van der Waals surface area contributed by atoms with Gasteiger partial charge < -0.3 is 0 Å². The molecule has 664 valence electrons. The summed E-state index contributed by atoms with van der Waals surface area (Å²) in [6.45, 7) is 0. The van der Waals surface area contributed by atoms with E-state index in [2.05, 4.69) is 364 Å². The summed E-state index contributed by atoms with van der Waals surface area (Å²) in [5, 5.41) is 9.03. The van der Waals surface area contributed by atoms with Crippen LogP contribution < -0.4 is 0 Å². The first kappa shape index (κ1) is 85.4. The topological polar surface area (TPSA) is 193 Å². The summed E-state index contributed by atoms with van der Waals surface area (Å²) in [6, 6.07) is 156. The minimum absolute atomic E-state index is 0.618. The number of para-hydroxylation sites is 6. The molecular formula is C127H81N15. The summed E-state index contributed by atoms with van der Waals surface area (Å²) in [7, 11) is 0. The number of nitrogens with zero attached hydrogens (tertiary/aromatic N) is 15. The molecule has 0 fully saturated rings. The number of pyridine rings is 6. The number of rotatable bonds is 16. The zero-order chi connectivity index (χ0) is 94.4. The Hall–Kier alpha value is -19.5. The van der Waals surface area contributed by atoms with E-state index >= 15 is 0 Å². The quantitative estimate of drug-likeness (QED) is 0.0886. The molecule has 15 heteroatoms. The van der Waals surface area contributed by atoms with Crippen LogP contribution in [-0.2, 0) is 0 Å². The highest BCUT2D eigenvalue weighted by molar-refractivity contribution is 6.00. The maximum atomic E-state index is 5.03. The highest BCUT2D eigenvalue weighted by Gasteiger charge is 2.21. The maximum Gasteiger partial charge on any atom is 0.164 e. The number of aromatic nitrogens is 15. The van der Waals surface area contributed by atoms with Crippen LogP contribution in [0, 0.1) is 0 Å². The first-order valence-electron chi connectivity index (χ1n) is 47.0. The minimum Gasteiger partial charge on any atom is -0.256 e. The number of hydrogen-bond donors (Lipinski definition) is 0. The van der Waals surface area contributed by atoms with Crippen LogP contribution in [0.1, 0.15) is 0 Å². The van der Waals surface area contributed by atoms with Crippen molar-refractivity contribution < 1.29 is 0 Å². The Kier molecular flexibility index (Phi) is 23.1. The van der Waals surface area contributed by atoms with Crippen molar-refractivity contribution >= 4 is 76.2 Å². The van der Waals surface area contributed by atoms with Crippen molar-refractivity contribution in [2.45, 2.75) is 0 Å². The van der Waals surface area contributed by atoms with Gasteiger partial charge in [-0.15, -0.1) is 0 Å². The summed E-state index contributed by atoms with van der Waals surface area (Å²) >= 11 is 0. The fourth-order valence-electron chi connectivity index (χ4n) is 18.5. The molecule has 0 aliphatic carbocycles. The van der Waals surface area contributed by atoms with E-state index in [9.17, 15) is 0 Å². The molecule has 142 heavy (non-hydrogen) atoms. The van der Waals surface area contributed by atoms with E-state index in [1.54, 1.807) is 0 Å². The van der Waals surface area contributed by atoms with Crippen molar-refractivity contribution in [2.75, 3.05) is 0 Å². The third-order valence-corrected chi connectivity index (χ3v) is 25.8. The first-order chi connectivity index (χ1) is 70.3. The SMILES string of the molecule is c1ccc(-c2ccc(-c3nc(-c4ccc(-c5ccnc6ccccc56)cc4)nc(-c4ccc(-c5ccnc6ccccc56)cc4)n3)cc2)cc1.c1ccc(-c2nc(-c3ccc(-c4cccc5cccnc45)cc3)nc(-c3ccc(-c4cccc5cccnc45)cc3)n2)cc1.c1ccc2cc(-c3nc(-c4ccc(-c5ccnc6ccccc56)cc4)nc(-c4ccc(-c5ccnc6ccccc56)cc4)n3)ccc2c1. The summed E-state index contributed by atoms with van der Waals surface area (Å²) < 4.78 is 0. The molecule has 15 nitrogen and oxygen atoms in total. The van der Waals surface area contributed by atoms with Gasteiger partial charge in [0.1, 0.15) is 0 Å². The molecule has 0 bridgehead atoms. The van der Waals surface area contributed by atoms with Crippen molar-refractivity contribution in [2.24, 2.45) is 0 Å². The lowest BCUT2D eigenvalue weighted by atomic mass is 9.99. The van der Waals surface area contributed by atoms with Crippen LogP contribution in [0.15, 0.2) is 492 Å². The monoisotopic (exact) mass is 1820 g/mol. The molecule has 0 unspecified atom stereocenters. The van der Waals surface area contributed by atoms with Gasteiger partial charge in [0.2, 0.25) is 0 Å². The lowest BCUT2D eigenvalue weighted by Crippen LogP contribution is -2.00. The van der Waals surface area contributed by atoms with Gasteiger partial charge in [-0.25, -0.2) is 44.9 Å². The molecule has 0 aliphatic heterocycles. The Morgan fingerprint density at radius 1 is 0.113 bits per heavy atom. The van der Waals surface area contributed by atoms with Crippen LogP contribution in [0.4, 0.5) is 0 Å². The average molecular weight is 1820 g/mol. The van der Waals surface area contributed by atoms with Crippen molar-refractivity contribution in [1.82, 2.24) is 74.8 Å². The second-order valence-corrected chi connectivity index (χ2v) is 34.5. The van der Waals surface area contributed by atoms with Gasteiger partial charge in [0, 0.05) is 131 Å². The van der Waals surface area contributed by atoms with E-state index in [1.165, 1.54) is 10.9 Å². The van der Waals surface area contributed by atoms with Gasteiger partial charge in [-0.1, -0.05) is 388 Å². The molecule has 0 spiro atoms. The van der Waals surface area contributed by atoms with E-state index in [1.807, 2.05) is 159 Å². The predicted molar refractivity (Wildman–Crippen MR) is 576 cm³/mol. The first-order valence-corrected chi connectivity index (χ1v) is 47.0. The van der Waals surface area contributed by atoms with Crippen molar-refractivity contribution in [3.8, 4) is 180 Å². The van der Waals surface area contributed by atoms with Gasteiger partial charge in [-0.3, -0.25) is 29.9 Å². The zero-order valence-corrected chi connectivity index (χ0v) is 76.5. The summed E-state index contributed by atoms with van der Waals surface area (Å²) in [5.74, 6) is 5.62. The fourth-order valence-corrected chi connectivity index (χ4v) is 18.5. The van der Waals surface area contributed by atoms with E-state index in [0.717, 1.165) is 193 Å². The minimum atomic E-state index is 0.618. The van der Waals surface area contributed by atoms with Crippen LogP contribution in [0.3, 0.4) is 0 Å². The molecule has 0 aliphatic rings. The Balaban J connectivity index is 0.000000115. The summed E-state index contributed by atoms with van der Waals surface area (Å²) in [5.41, 5.74) is 29.9. The Labute approximate surface area is 818 Å². The number of fused-ring (bicyclic) bond motifs is 7. The fraction of sp³-hybridized carbons (Fsp3) is 0. The van der Waals surface area contributed by atoms with E-state index < -0.39 is 0 Å². The van der Waals surface area contributed by atoms with Crippen molar-refractivity contribution in [3.05, 3.63) is 492 Å². The predicted octanol–water partition coefficient (Wildman–Crippen LogP) is 30.7. The Morgan fingerprint density at radius 2 is 0.331 bits per heavy atom. The van der Waals surface area contributed by atoms with Crippen LogP contribution >= 0.6 is 0 Å². The third-order valence-electron chi connectivity index (χ3n) is 25.8. The highest BCUT2D eigenvalue weighted by atomic mass is 15.1. The van der Waals surface area contributed by atoms with Gasteiger partial charge in [-0.2, -0.15) is 0 Å². The normalized spacial score (nSPS) is 11.2. The zero-order valence-electron chi connectivity index (χ0n) is 76.5. The molecule has 0 atom stereocenters. The van der Waals surface area contributed by atoms with E-state index in [-0.39, 0.29) is 0 Å². The summed E-state index contributed by atoms with van der Waals surface area (Å²) in [4.78, 5) is 72.3.